The molecule has 7 heteroatoms. The van der Waals surface area contributed by atoms with Crippen LogP contribution in [0.2, 0.25) is 0 Å². The number of rotatable bonds is 9. The van der Waals surface area contributed by atoms with E-state index in [2.05, 4.69) is 17.4 Å². The Balaban J connectivity index is 1.42. The zero-order valence-corrected chi connectivity index (χ0v) is 19.0. The van der Waals surface area contributed by atoms with Gasteiger partial charge >= 0.3 is 0 Å². The molecule has 7 nitrogen and oxygen atoms in total. The highest BCUT2D eigenvalue weighted by Gasteiger charge is 2.30. The van der Waals surface area contributed by atoms with Gasteiger partial charge in [0.05, 0.1) is 13.2 Å². The maximum absolute atomic E-state index is 12.6. The van der Waals surface area contributed by atoms with Gasteiger partial charge < -0.3 is 25.3 Å². The molecule has 0 unspecified atom stereocenters. The molecule has 2 aromatic rings. The third-order valence-electron chi connectivity index (χ3n) is 6.50. The Labute approximate surface area is 194 Å². The first kappa shape index (κ1) is 23.0. The summed E-state index contributed by atoms with van der Waals surface area (Å²) in [6.07, 6.45) is 6.24. The second kappa shape index (κ2) is 10.6. The van der Waals surface area contributed by atoms with Crippen molar-refractivity contribution >= 4 is 11.8 Å². The van der Waals surface area contributed by atoms with E-state index in [1.165, 1.54) is 12.8 Å². The lowest BCUT2D eigenvalue weighted by Crippen LogP contribution is -2.41. The number of nitrogens with two attached hydrogens (primary N) is 1. The fourth-order valence-electron chi connectivity index (χ4n) is 4.72. The van der Waals surface area contributed by atoms with E-state index in [0.29, 0.717) is 18.7 Å². The number of carbonyl (C=O) groups excluding carboxylic acids is 2. The first-order chi connectivity index (χ1) is 16.0. The number of methoxy groups -OCH3 is 1. The van der Waals surface area contributed by atoms with Gasteiger partial charge in [0.25, 0.3) is 5.91 Å². The van der Waals surface area contributed by atoms with Gasteiger partial charge in [0, 0.05) is 18.4 Å². The van der Waals surface area contributed by atoms with Gasteiger partial charge in [0.1, 0.15) is 5.75 Å². The SMILES string of the molecule is COc1ccc([C@H]2CNC(=O)[C@H](Cc3ccc(OCC(N)=O)cc3)C2)cc1OC1CCCC1. The topological polar surface area (TPSA) is 99.9 Å². The number of hydrogen-bond acceptors (Lipinski definition) is 5. The number of ether oxygens (including phenoxy) is 3. The summed E-state index contributed by atoms with van der Waals surface area (Å²) in [5.74, 6) is 1.78. The molecule has 1 heterocycles. The molecule has 2 aromatic carbocycles. The zero-order chi connectivity index (χ0) is 23.2. The van der Waals surface area contributed by atoms with Crippen molar-refractivity contribution in [2.45, 2.75) is 50.5 Å². The van der Waals surface area contributed by atoms with Crippen molar-refractivity contribution < 1.29 is 23.8 Å². The lowest BCUT2D eigenvalue weighted by atomic mass is 9.82. The Morgan fingerprint density at radius 2 is 1.85 bits per heavy atom. The van der Waals surface area contributed by atoms with Crippen LogP contribution in [0.3, 0.4) is 0 Å². The highest BCUT2D eigenvalue weighted by atomic mass is 16.5. The molecule has 0 bridgehead atoms. The highest BCUT2D eigenvalue weighted by Crippen LogP contribution is 2.37. The van der Waals surface area contributed by atoms with E-state index in [-0.39, 0.29) is 30.5 Å². The van der Waals surface area contributed by atoms with E-state index in [4.69, 9.17) is 19.9 Å². The quantitative estimate of drug-likeness (QED) is 0.608. The molecule has 176 valence electrons. The fraction of sp³-hybridized carbons (Fsp3) is 0.462. The molecule has 2 amide bonds. The summed E-state index contributed by atoms with van der Waals surface area (Å²) in [5, 5.41) is 3.08. The van der Waals surface area contributed by atoms with Crippen molar-refractivity contribution in [1.29, 1.82) is 0 Å². The molecule has 0 aromatic heterocycles. The number of amides is 2. The lowest BCUT2D eigenvalue weighted by Gasteiger charge is -2.30. The molecule has 0 spiro atoms. The summed E-state index contributed by atoms with van der Waals surface area (Å²) in [7, 11) is 1.66. The Morgan fingerprint density at radius 3 is 2.55 bits per heavy atom. The Bertz CT molecular complexity index is 969. The molecule has 1 aliphatic heterocycles. The van der Waals surface area contributed by atoms with Crippen molar-refractivity contribution in [3.8, 4) is 17.2 Å². The van der Waals surface area contributed by atoms with Crippen molar-refractivity contribution in [2.24, 2.45) is 11.7 Å². The molecule has 1 aliphatic carbocycles. The molecule has 1 saturated heterocycles. The average molecular weight is 453 g/mol. The average Bonchev–Trinajstić information content (AvgIpc) is 3.33. The van der Waals surface area contributed by atoms with Crippen LogP contribution in [0.15, 0.2) is 42.5 Å². The van der Waals surface area contributed by atoms with Gasteiger partial charge in [-0.3, -0.25) is 9.59 Å². The molecule has 3 N–H and O–H groups in total. The van der Waals surface area contributed by atoms with Gasteiger partial charge in [-0.25, -0.2) is 0 Å². The predicted molar refractivity (Wildman–Crippen MR) is 125 cm³/mol. The number of hydrogen-bond donors (Lipinski definition) is 2. The summed E-state index contributed by atoms with van der Waals surface area (Å²) < 4.78 is 17.1. The van der Waals surface area contributed by atoms with Crippen molar-refractivity contribution in [1.82, 2.24) is 5.32 Å². The second-order valence-electron chi connectivity index (χ2n) is 8.91. The Morgan fingerprint density at radius 1 is 1.09 bits per heavy atom. The number of nitrogens with one attached hydrogen (secondary N) is 1. The smallest absolute Gasteiger partial charge is 0.255 e. The molecule has 2 atom stereocenters. The van der Waals surface area contributed by atoms with Crippen LogP contribution >= 0.6 is 0 Å². The van der Waals surface area contributed by atoms with Crippen LogP contribution in [-0.2, 0) is 16.0 Å². The Hall–Kier alpha value is -3.22. The van der Waals surface area contributed by atoms with E-state index in [0.717, 1.165) is 41.9 Å². The molecular weight excluding hydrogens is 420 g/mol. The molecule has 1 saturated carbocycles. The standard InChI is InChI=1S/C26H32N2O5/c1-31-23-11-8-18(14-24(23)33-22-4-2-3-5-22)20-13-19(26(30)28-15-20)12-17-6-9-21(10-7-17)32-16-25(27)29/h6-11,14,19-20,22H,2-5,12-13,15-16H2,1H3,(H2,27,29)(H,28,30)/t19-,20-/m1/s1. The van der Waals surface area contributed by atoms with E-state index in [1.807, 2.05) is 18.2 Å². The Kier molecular flexibility index (Phi) is 7.37. The number of primary amides is 1. The summed E-state index contributed by atoms with van der Waals surface area (Å²) >= 11 is 0. The second-order valence-corrected chi connectivity index (χ2v) is 8.91. The van der Waals surface area contributed by atoms with Crippen molar-refractivity contribution in [3.63, 3.8) is 0 Å². The zero-order valence-electron chi connectivity index (χ0n) is 19.0. The molecule has 0 radical (unpaired) electrons. The van der Waals surface area contributed by atoms with E-state index in [1.54, 1.807) is 19.2 Å². The molecule has 4 rings (SSSR count). The van der Waals surface area contributed by atoms with Crippen molar-refractivity contribution in [2.75, 3.05) is 20.3 Å². The van der Waals surface area contributed by atoms with Gasteiger partial charge in [-0.2, -0.15) is 0 Å². The summed E-state index contributed by atoms with van der Waals surface area (Å²) in [6, 6.07) is 13.6. The van der Waals surface area contributed by atoms with E-state index >= 15 is 0 Å². The minimum Gasteiger partial charge on any atom is -0.493 e. The predicted octanol–water partition coefficient (Wildman–Crippen LogP) is 3.34. The monoisotopic (exact) mass is 452 g/mol. The molecule has 2 aliphatic rings. The first-order valence-corrected chi connectivity index (χ1v) is 11.6. The van der Waals surface area contributed by atoms with E-state index < -0.39 is 5.91 Å². The van der Waals surface area contributed by atoms with Crippen molar-refractivity contribution in [3.05, 3.63) is 53.6 Å². The highest BCUT2D eigenvalue weighted by molar-refractivity contribution is 5.80. The van der Waals surface area contributed by atoms with E-state index in [9.17, 15) is 9.59 Å². The lowest BCUT2D eigenvalue weighted by molar-refractivity contribution is -0.127. The molecule has 33 heavy (non-hydrogen) atoms. The van der Waals surface area contributed by atoms with Gasteiger partial charge in [0.2, 0.25) is 5.91 Å². The van der Waals surface area contributed by atoms with Crippen LogP contribution in [0.5, 0.6) is 17.2 Å². The fourth-order valence-corrected chi connectivity index (χ4v) is 4.72. The summed E-state index contributed by atoms with van der Waals surface area (Å²) in [4.78, 5) is 23.5. The number of carbonyl (C=O) groups is 2. The number of piperidine rings is 1. The van der Waals surface area contributed by atoms with Crippen LogP contribution in [-0.4, -0.2) is 38.2 Å². The minimum atomic E-state index is -0.515. The van der Waals surface area contributed by atoms with Crippen LogP contribution in [0.25, 0.3) is 0 Å². The van der Waals surface area contributed by atoms with Gasteiger partial charge in [-0.1, -0.05) is 18.2 Å². The van der Waals surface area contributed by atoms with Crippen LogP contribution in [0.1, 0.15) is 49.1 Å². The number of benzene rings is 2. The third-order valence-corrected chi connectivity index (χ3v) is 6.50. The molecule has 2 fully saturated rings. The van der Waals surface area contributed by atoms with Gasteiger partial charge in [-0.05, 0) is 73.9 Å². The van der Waals surface area contributed by atoms with Gasteiger partial charge in [-0.15, -0.1) is 0 Å². The largest absolute Gasteiger partial charge is 0.493 e. The van der Waals surface area contributed by atoms with Crippen LogP contribution in [0.4, 0.5) is 0 Å². The van der Waals surface area contributed by atoms with Crippen LogP contribution < -0.4 is 25.3 Å². The normalized spacial score (nSPS) is 20.8. The first-order valence-electron chi connectivity index (χ1n) is 11.6. The van der Waals surface area contributed by atoms with Gasteiger partial charge in [0.15, 0.2) is 18.1 Å². The van der Waals surface area contributed by atoms with Crippen LogP contribution in [0, 0.1) is 5.92 Å². The minimum absolute atomic E-state index is 0.0799. The summed E-state index contributed by atoms with van der Waals surface area (Å²) in [6.45, 7) is 0.463. The summed E-state index contributed by atoms with van der Waals surface area (Å²) in [5.41, 5.74) is 7.31. The molecular formula is C26H32N2O5. The maximum atomic E-state index is 12.6. The third kappa shape index (κ3) is 5.97. The maximum Gasteiger partial charge on any atom is 0.255 e.